The van der Waals surface area contributed by atoms with Gasteiger partial charge in [0.1, 0.15) is 17.9 Å². The number of aliphatic carboxylic acids is 1. The molecule has 0 bridgehead atoms. The topological polar surface area (TPSA) is 93.0 Å². The maximum atomic E-state index is 10.6. The van der Waals surface area contributed by atoms with Crippen LogP contribution in [0.25, 0.3) is 10.9 Å². The first kappa shape index (κ1) is 16.3. The summed E-state index contributed by atoms with van der Waals surface area (Å²) in [6.45, 7) is 2.78. The van der Waals surface area contributed by atoms with Crippen LogP contribution < -0.4 is 9.84 Å². The maximum absolute atomic E-state index is 10.6. The van der Waals surface area contributed by atoms with Gasteiger partial charge in [0.25, 0.3) is 0 Å². The number of aromatic nitrogens is 4. The van der Waals surface area contributed by atoms with Crippen LogP contribution in [0, 0.1) is 0 Å². The van der Waals surface area contributed by atoms with Crippen molar-refractivity contribution < 1.29 is 14.6 Å². The molecule has 0 saturated carbocycles. The zero-order valence-corrected chi connectivity index (χ0v) is 13.8. The number of para-hydroxylation sites is 1. The number of carbonyl (C=O) groups excluding carboxylic acids is 1. The minimum atomic E-state index is -1.13. The molecule has 0 radical (unpaired) electrons. The molecule has 7 nitrogen and oxygen atoms in total. The van der Waals surface area contributed by atoms with Crippen molar-refractivity contribution in [3.05, 3.63) is 42.4 Å². The minimum absolute atomic E-state index is 0.160. The summed E-state index contributed by atoms with van der Waals surface area (Å²) < 4.78 is 7.69. The first-order valence-corrected chi connectivity index (χ1v) is 8.39. The Kier molecular flexibility index (Phi) is 4.95. The van der Waals surface area contributed by atoms with E-state index in [2.05, 4.69) is 15.2 Å². The zero-order valence-electron chi connectivity index (χ0n) is 13.0. The van der Waals surface area contributed by atoms with Crippen molar-refractivity contribution >= 4 is 28.6 Å². The molecular weight excluding hydrogens is 328 g/mol. The van der Waals surface area contributed by atoms with Gasteiger partial charge in [-0.3, -0.25) is 4.98 Å². The highest BCUT2D eigenvalue weighted by atomic mass is 32.2. The number of hydrogen-bond acceptors (Lipinski definition) is 7. The molecule has 0 atom stereocenters. The maximum Gasteiger partial charge on any atom is 0.191 e. The Balaban J connectivity index is 1.77. The molecule has 0 fully saturated rings. The van der Waals surface area contributed by atoms with E-state index >= 15 is 0 Å². The number of thioether (sulfide) groups is 1. The average molecular weight is 343 g/mol. The summed E-state index contributed by atoms with van der Waals surface area (Å²) in [5, 5.41) is 20.2. The van der Waals surface area contributed by atoms with Crippen molar-refractivity contribution in [1.82, 2.24) is 19.7 Å². The van der Waals surface area contributed by atoms with Gasteiger partial charge in [-0.25, -0.2) is 0 Å². The average Bonchev–Trinajstić information content (AvgIpc) is 3.00. The summed E-state index contributed by atoms with van der Waals surface area (Å²) in [6.07, 6.45) is 1.72. The van der Waals surface area contributed by atoms with Crippen molar-refractivity contribution in [1.29, 1.82) is 0 Å². The number of rotatable bonds is 7. The van der Waals surface area contributed by atoms with E-state index in [1.807, 2.05) is 41.8 Å². The van der Waals surface area contributed by atoms with Crippen molar-refractivity contribution in [2.45, 2.75) is 25.2 Å². The Hall–Kier alpha value is -2.61. The van der Waals surface area contributed by atoms with Gasteiger partial charge >= 0.3 is 0 Å². The molecule has 0 N–H and O–H groups in total. The number of carbonyl (C=O) groups is 1. The van der Waals surface area contributed by atoms with Gasteiger partial charge in [-0.15, -0.1) is 10.2 Å². The molecule has 0 aliphatic heterocycles. The molecule has 0 amide bonds. The third kappa shape index (κ3) is 3.48. The second-order valence-electron chi connectivity index (χ2n) is 4.92. The second-order valence-corrected chi connectivity index (χ2v) is 5.87. The van der Waals surface area contributed by atoms with Gasteiger partial charge in [-0.05, 0) is 19.1 Å². The van der Waals surface area contributed by atoms with Crippen LogP contribution in [0.4, 0.5) is 0 Å². The molecule has 3 aromatic rings. The highest BCUT2D eigenvalue weighted by Crippen LogP contribution is 2.24. The molecule has 0 unspecified atom stereocenters. The lowest BCUT2D eigenvalue weighted by atomic mass is 10.2. The monoisotopic (exact) mass is 343 g/mol. The Morgan fingerprint density at radius 2 is 2.12 bits per heavy atom. The molecule has 0 saturated heterocycles. The van der Waals surface area contributed by atoms with Gasteiger partial charge in [0.2, 0.25) is 0 Å². The Labute approximate surface area is 142 Å². The molecule has 2 aromatic heterocycles. The summed E-state index contributed by atoms with van der Waals surface area (Å²) >= 11 is 1.08. The molecular formula is C16H15N4O3S-. The van der Waals surface area contributed by atoms with E-state index in [0.717, 1.165) is 22.7 Å². The van der Waals surface area contributed by atoms with Crippen molar-refractivity contribution in [3.63, 3.8) is 0 Å². The lowest BCUT2D eigenvalue weighted by molar-refractivity contribution is -0.301. The van der Waals surface area contributed by atoms with Crippen LogP contribution in [0.3, 0.4) is 0 Å². The van der Waals surface area contributed by atoms with Gasteiger partial charge < -0.3 is 19.2 Å². The SMILES string of the molecule is CCn1c(COc2cccc3cccnc23)nnc1SCC(=O)[O-]. The predicted octanol–water partition coefficient (Wildman–Crippen LogP) is 1.27. The molecule has 0 aliphatic rings. The van der Waals surface area contributed by atoms with Crippen LogP contribution in [0.1, 0.15) is 12.7 Å². The molecule has 1 aromatic carbocycles. The van der Waals surface area contributed by atoms with E-state index in [1.54, 1.807) is 6.20 Å². The summed E-state index contributed by atoms with van der Waals surface area (Å²) in [5.41, 5.74) is 0.786. The normalized spacial score (nSPS) is 10.9. The minimum Gasteiger partial charge on any atom is -0.549 e. The van der Waals surface area contributed by atoms with Gasteiger partial charge in [-0.1, -0.05) is 30.0 Å². The van der Waals surface area contributed by atoms with E-state index in [-0.39, 0.29) is 12.4 Å². The Bertz CT molecular complexity index is 860. The Morgan fingerprint density at radius 3 is 2.92 bits per heavy atom. The van der Waals surface area contributed by atoms with Crippen LogP contribution >= 0.6 is 11.8 Å². The van der Waals surface area contributed by atoms with E-state index in [4.69, 9.17) is 4.74 Å². The van der Waals surface area contributed by atoms with Crippen LogP contribution in [0.5, 0.6) is 5.75 Å². The van der Waals surface area contributed by atoms with Gasteiger partial charge in [0.05, 0.1) is 5.97 Å². The molecule has 24 heavy (non-hydrogen) atoms. The third-order valence-corrected chi connectivity index (χ3v) is 4.32. The molecule has 124 valence electrons. The first-order valence-electron chi connectivity index (χ1n) is 7.40. The standard InChI is InChI=1S/C16H16N4O3S/c1-2-20-13(18-19-16(20)24-10-14(21)22)9-23-12-7-3-5-11-6-4-8-17-15(11)12/h3-8H,2,9-10H2,1H3,(H,21,22)/p-1. The Morgan fingerprint density at radius 1 is 1.29 bits per heavy atom. The van der Waals surface area contributed by atoms with Gasteiger partial charge in [0, 0.05) is 23.9 Å². The lowest BCUT2D eigenvalue weighted by Crippen LogP contribution is -2.24. The second kappa shape index (κ2) is 7.31. The number of ether oxygens (including phenoxy) is 1. The molecule has 2 heterocycles. The summed E-state index contributed by atoms with van der Waals surface area (Å²) in [5.74, 6) is 0.00550. The highest BCUT2D eigenvalue weighted by Gasteiger charge is 2.12. The van der Waals surface area contributed by atoms with E-state index in [0.29, 0.717) is 23.3 Å². The number of hydrogen-bond donors (Lipinski definition) is 0. The summed E-state index contributed by atoms with van der Waals surface area (Å²) in [6, 6.07) is 9.58. The molecule has 8 heteroatoms. The van der Waals surface area contributed by atoms with E-state index < -0.39 is 5.97 Å². The van der Waals surface area contributed by atoms with Crippen LogP contribution in [0.2, 0.25) is 0 Å². The van der Waals surface area contributed by atoms with Gasteiger partial charge in [0.15, 0.2) is 11.0 Å². The van der Waals surface area contributed by atoms with Gasteiger partial charge in [-0.2, -0.15) is 0 Å². The molecule has 0 aliphatic carbocycles. The zero-order chi connectivity index (χ0) is 16.9. The predicted molar refractivity (Wildman–Crippen MR) is 87.5 cm³/mol. The fraction of sp³-hybridized carbons (Fsp3) is 0.250. The third-order valence-electron chi connectivity index (χ3n) is 3.38. The molecule has 0 spiro atoms. The van der Waals surface area contributed by atoms with Crippen LogP contribution in [0.15, 0.2) is 41.7 Å². The fourth-order valence-corrected chi connectivity index (χ4v) is 3.04. The number of pyridine rings is 1. The number of benzene rings is 1. The summed E-state index contributed by atoms with van der Waals surface area (Å²) in [4.78, 5) is 14.9. The van der Waals surface area contributed by atoms with Crippen LogP contribution in [-0.2, 0) is 17.9 Å². The fourth-order valence-electron chi connectivity index (χ4n) is 2.31. The number of fused-ring (bicyclic) bond motifs is 1. The van der Waals surface area contributed by atoms with Crippen molar-refractivity contribution in [3.8, 4) is 5.75 Å². The van der Waals surface area contributed by atoms with Crippen molar-refractivity contribution in [2.75, 3.05) is 5.75 Å². The number of nitrogens with zero attached hydrogens (tertiary/aromatic N) is 4. The first-order chi connectivity index (χ1) is 11.7. The largest absolute Gasteiger partial charge is 0.549 e. The molecule has 3 rings (SSSR count). The van der Waals surface area contributed by atoms with Crippen molar-refractivity contribution in [2.24, 2.45) is 0 Å². The number of carboxylic acids is 1. The van der Waals surface area contributed by atoms with E-state index in [9.17, 15) is 9.90 Å². The van der Waals surface area contributed by atoms with Crippen LogP contribution in [-0.4, -0.2) is 31.5 Å². The van der Waals surface area contributed by atoms with E-state index in [1.165, 1.54) is 0 Å². The lowest BCUT2D eigenvalue weighted by Gasteiger charge is -2.10. The smallest absolute Gasteiger partial charge is 0.191 e. The summed E-state index contributed by atoms with van der Waals surface area (Å²) in [7, 11) is 0. The quantitative estimate of drug-likeness (QED) is 0.596. The highest BCUT2D eigenvalue weighted by molar-refractivity contribution is 7.99. The number of carboxylic acid groups (broad SMARTS) is 1.